The average molecular weight is 290 g/mol. The van der Waals surface area contributed by atoms with Crippen LogP contribution in [-0.4, -0.2) is 24.7 Å². The lowest BCUT2D eigenvalue weighted by Gasteiger charge is -2.31. The number of ether oxygens (including phenoxy) is 1. The van der Waals surface area contributed by atoms with Gasteiger partial charge in [0.2, 0.25) is 0 Å². The number of rotatable bonds is 5. The van der Waals surface area contributed by atoms with Crippen molar-refractivity contribution in [3.63, 3.8) is 0 Å². The second kappa shape index (κ2) is 6.45. The highest BCUT2D eigenvalue weighted by Gasteiger charge is 2.25. The third-order valence-electron chi connectivity index (χ3n) is 4.16. The predicted molar refractivity (Wildman–Crippen MR) is 81.4 cm³/mol. The summed E-state index contributed by atoms with van der Waals surface area (Å²) in [6.07, 6.45) is 3.23. The van der Waals surface area contributed by atoms with E-state index in [1.54, 1.807) is 0 Å². The summed E-state index contributed by atoms with van der Waals surface area (Å²) in [6.45, 7) is 4.81. The Morgan fingerprint density at radius 1 is 1.38 bits per heavy atom. The highest BCUT2D eigenvalue weighted by molar-refractivity contribution is 5.72. The fourth-order valence-corrected chi connectivity index (χ4v) is 3.06. The van der Waals surface area contributed by atoms with Crippen molar-refractivity contribution in [1.82, 2.24) is 10.3 Å². The molecular formula is C16H22N2O3. The van der Waals surface area contributed by atoms with Crippen LogP contribution in [0.4, 0.5) is 0 Å². The van der Waals surface area contributed by atoms with Crippen molar-refractivity contribution in [3.05, 3.63) is 34.3 Å². The molecule has 1 aromatic carbocycles. The molecular weight excluding hydrogens is 268 g/mol. The van der Waals surface area contributed by atoms with Gasteiger partial charge in [-0.15, -0.1) is 0 Å². The number of fused-ring (bicyclic) bond motifs is 1. The molecule has 2 heterocycles. The predicted octanol–water partition coefficient (Wildman–Crippen LogP) is 2.59. The first kappa shape index (κ1) is 14.4. The molecule has 0 aliphatic carbocycles. The van der Waals surface area contributed by atoms with E-state index >= 15 is 0 Å². The second-order valence-corrected chi connectivity index (χ2v) is 5.65. The number of aromatic nitrogens is 1. The van der Waals surface area contributed by atoms with Crippen molar-refractivity contribution in [3.8, 4) is 0 Å². The van der Waals surface area contributed by atoms with E-state index in [1.807, 2.05) is 12.1 Å². The first-order valence-corrected chi connectivity index (χ1v) is 7.72. The van der Waals surface area contributed by atoms with Gasteiger partial charge in [0.05, 0.1) is 5.52 Å². The lowest BCUT2D eigenvalue weighted by molar-refractivity contribution is 0.0536. The van der Waals surface area contributed by atoms with Gasteiger partial charge in [0, 0.05) is 19.3 Å². The van der Waals surface area contributed by atoms with Crippen molar-refractivity contribution in [2.45, 2.75) is 32.2 Å². The normalized spacial score (nSPS) is 18.1. The number of oxazole rings is 1. The van der Waals surface area contributed by atoms with Gasteiger partial charge < -0.3 is 14.5 Å². The summed E-state index contributed by atoms with van der Waals surface area (Å²) in [5, 5.41) is 3.64. The molecule has 0 spiro atoms. The molecule has 5 heteroatoms. The summed E-state index contributed by atoms with van der Waals surface area (Å²) < 4.78 is 10.7. The van der Waals surface area contributed by atoms with Gasteiger partial charge in [-0.2, -0.15) is 0 Å². The van der Waals surface area contributed by atoms with Gasteiger partial charge in [-0.1, -0.05) is 13.0 Å². The van der Waals surface area contributed by atoms with Crippen molar-refractivity contribution in [1.29, 1.82) is 0 Å². The summed E-state index contributed by atoms with van der Waals surface area (Å²) in [5.41, 5.74) is 2.57. The van der Waals surface area contributed by atoms with Gasteiger partial charge in [0.1, 0.15) is 0 Å². The number of hydrogen-bond acceptors (Lipinski definition) is 4. The summed E-state index contributed by atoms with van der Waals surface area (Å²) >= 11 is 0. The smallest absolute Gasteiger partial charge is 0.408 e. The van der Waals surface area contributed by atoms with E-state index in [1.165, 1.54) is 5.56 Å². The zero-order valence-corrected chi connectivity index (χ0v) is 12.4. The van der Waals surface area contributed by atoms with Gasteiger partial charge in [0.15, 0.2) is 5.58 Å². The van der Waals surface area contributed by atoms with Crippen LogP contribution in [0.25, 0.3) is 11.1 Å². The van der Waals surface area contributed by atoms with Gasteiger partial charge in [0.25, 0.3) is 0 Å². The third kappa shape index (κ3) is 3.19. The maximum atomic E-state index is 11.3. The van der Waals surface area contributed by atoms with E-state index in [2.05, 4.69) is 23.3 Å². The lowest BCUT2D eigenvalue weighted by Crippen LogP contribution is -2.32. The van der Waals surface area contributed by atoms with Gasteiger partial charge in [-0.25, -0.2) is 4.79 Å². The van der Waals surface area contributed by atoms with Gasteiger partial charge in [-0.3, -0.25) is 4.98 Å². The fraction of sp³-hybridized carbons (Fsp3) is 0.562. The molecule has 1 atom stereocenters. The standard InChI is InChI=1S/C16H22N2O3/c1-2-7-17-15(11-5-8-20-9-6-11)12-3-4-13-14(10-12)21-16(19)18-13/h3-4,10-11,15,17H,2,5-9H2,1H3,(H,18,19). The molecule has 3 rings (SSSR count). The Morgan fingerprint density at radius 3 is 2.95 bits per heavy atom. The average Bonchev–Trinajstić information content (AvgIpc) is 2.88. The highest BCUT2D eigenvalue weighted by atomic mass is 16.5. The number of H-pyrrole nitrogens is 1. The maximum Gasteiger partial charge on any atom is 0.417 e. The molecule has 114 valence electrons. The van der Waals surface area contributed by atoms with Crippen LogP contribution in [0, 0.1) is 5.92 Å². The van der Waals surface area contributed by atoms with Crippen LogP contribution in [-0.2, 0) is 4.74 Å². The maximum absolute atomic E-state index is 11.3. The molecule has 1 unspecified atom stereocenters. The van der Waals surface area contributed by atoms with Gasteiger partial charge >= 0.3 is 5.76 Å². The van der Waals surface area contributed by atoms with Crippen molar-refractivity contribution >= 4 is 11.1 Å². The summed E-state index contributed by atoms with van der Waals surface area (Å²) in [4.78, 5) is 14.0. The number of benzene rings is 1. The first-order valence-electron chi connectivity index (χ1n) is 7.72. The highest BCUT2D eigenvalue weighted by Crippen LogP contribution is 2.31. The van der Waals surface area contributed by atoms with Gasteiger partial charge in [-0.05, 0) is 49.4 Å². The third-order valence-corrected chi connectivity index (χ3v) is 4.16. The zero-order chi connectivity index (χ0) is 14.7. The Morgan fingerprint density at radius 2 is 2.19 bits per heavy atom. The van der Waals surface area contributed by atoms with Crippen LogP contribution in [0.3, 0.4) is 0 Å². The quantitative estimate of drug-likeness (QED) is 0.888. The number of hydrogen-bond donors (Lipinski definition) is 2. The molecule has 1 fully saturated rings. The van der Waals surface area contributed by atoms with Crippen molar-refractivity contribution < 1.29 is 9.15 Å². The minimum absolute atomic E-state index is 0.290. The Bertz CT molecular complexity index is 640. The molecule has 0 amide bonds. The molecule has 0 bridgehead atoms. The van der Waals surface area contributed by atoms with Crippen LogP contribution in [0.15, 0.2) is 27.4 Å². The topological polar surface area (TPSA) is 67.3 Å². The molecule has 1 saturated heterocycles. The van der Waals surface area contributed by atoms with E-state index < -0.39 is 5.76 Å². The molecule has 21 heavy (non-hydrogen) atoms. The van der Waals surface area contributed by atoms with E-state index in [0.29, 0.717) is 17.5 Å². The Labute approximate surface area is 123 Å². The van der Waals surface area contributed by atoms with Crippen LogP contribution in [0.1, 0.15) is 37.8 Å². The van der Waals surface area contributed by atoms with Crippen molar-refractivity contribution in [2.75, 3.05) is 19.8 Å². The fourth-order valence-electron chi connectivity index (χ4n) is 3.06. The monoisotopic (exact) mass is 290 g/mol. The summed E-state index contributed by atoms with van der Waals surface area (Å²) in [7, 11) is 0. The Kier molecular flexibility index (Phi) is 4.41. The molecule has 1 aliphatic heterocycles. The molecule has 0 radical (unpaired) electrons. The van der Waals surface area contributed by atoms with E-state index in [4.69, 9.17) is 9.15 Å². The van der Waals surface area contributed by atoms with Crippen LogP contribution in [0.2, 0.25) is 0 Å². The lowest BCUT2D eigenvalue weighted by atomic mass is 9.87. The Hall–Kier alpha value is -1.59. The van der Waals surface area contributed by atoms with Crippen molar-refractivity contribution in [2.24, 2.45) is 5.92 Å². The van der Waals surface area contributed by atoms with E-state index in [0.717, 1.165) is 44.5 Å². The molecule has 1 aromatic heterocycles. The van der Waals surface area contributed by atoms with E-state index in [-0.39, 0.29) is 0 Å². The van der Waals surface area contributed by atoms with E-state index in [9.17, 15) is 4.79 Å². The zero-order valence-electron chi connectivity index (χ0n) is 12.4. The molecule has 0 saturated carbocycles. The first-order chi connectivity index (χ1) is 10.3. The minimum Gasteiger partial charge on any atom is -0.408 e. The SMILES string of the molecule is CCCNC(c1ccc2[nH]c(=O)oc2c1)C1CCOCC1. The largest absolute Gasteiger partial charge is 0.417 e. The molecule has 2 aromatic rings. The number of nitrogens with one attached hydrogen (secondary N) is 2. The van der Waals surface area contributed by atoms with Crippen LogP contribution in [0.5, 0.6) is 0 Å². The summed E-state index contributed by atoms with van der Waals surface area (Å²) in [6, 6.07) is 6.28. The number of aromatic amines is 1. The molecule has 2 N–H and O–H groups in total. The van der Waals surface area contributed by atoms with Crippen LogP contribution >= 0.6 is 0 Å². The second-order valence-electron chi connectivity index (χ2n) is 5.65. The summed E-state index contributed by atoms with van der Waals surface area (Å²) in [5.74, 6) is 0.166. The minimum atomic E-state index is -0.397. The molecule has 5 nitrogen and oxygen atoms in total. The van der Waals surface area contributed by atoms with Crippen LogP contribution < -0.4 is 11.1 Å². The molecule has 1 aliphatic rings. The Balaban J connectivity index is 1.89.